The Labute approximate surface area is 152 Å². The van der Waals surface area contributed by atoms with Gasteiger partial charge in [0.15, 0.2) is 17.5 Å². The lowest BCUT2D eigenvalue weighted by atomic mass is 10.2. The molecule has 0 radical (unpaired) electrons. The number of methoxy groups -OCH3 is 1. The van der Waals surface area contributed by atoms with Gasteiger partial charge in [0.25, 0.3) is 5.91 Å². The smallest absolute Gasteiger partial charge is 0.274 e. The van der Waals surface area contributed by atoms with E-state index in [9.17, 15) is 18.0 Å². The number of pyridine rings is 1. The van der Waals surface area contributed by atoms with Crippen molar-refractivity contribution in [2.75, 3.05) is 17.7 Å². The number of para-hydroxylation sites is 2. The zero-order valence-electron chi connectivity index (χ0n) is 14.1. The van der Waals surface area contributed by atoms with Crippen molar-refractivity contribution in [3.63, 3.8) is 0 Å². The summed E-state index contributed by atoms with van der Waals surface area (Å²) in [5, 5.41) is 5.25. The van der Waals surface area contributed by atoms with E-state index in [1.165, 1.54) is 12.3 Å². The van der Waals surface area contributed by atoms with Crippen LogP contribution in [0.25, 0.3) is 0 Å². The maximum absolute atomic E-state index is 13.6. The topological polar surface area (TPSA) is 63.2 Å². The van der Waals surface area contributed by atoms with Crippen molar-refractivity contribution in [2.45, 2.75) is 0 Å². The lowest BCUT2D eigenvalue weighted by molar-refractivity contribution is 0.102. The average molecular weight is 373 g/mol. The van der Waals surface area contributed by atoms with Crippen LogP contribution in [0, 0.1) is 17.5 Å². The predicted molar refractivity (Wildman–Crippen MR) is 94.8 cm³/mol. The molecule has 0 aliphatic rings. The molecule has 138 valence electrons. The SMILES string of the molecule is COc1ccccc1Nc1ccc(C(=O)Nc2ccc(F)c(F)c2F)nc1. The number of ether oxygens (including phenoxy) is 1. The van der Waals surface area contributed by atoms with E-state index in [2.05, 4.69) is 15.6 Å². The molecule has 0 atom stereocenters. The van der Waals surface area contributed by atoms with Gasteiger partial charge in [-0.2, -0.15) is 0 Å². The highest BCUT2D eigenvalue weighted by Gasteiger charge is 2.16. The van der Waals surface area contributed by atoms with Gasteiger partial charge in [-0.15, -0.1) is 0 Å². The van der Waals surface area contributed by atoms with Gasteiger partial charge in [0, 0.05) is 0 Å². The highest BCUT2D eigenvalue weighted by molar-refractivity contribution is 6.03. The average Bonchev–Trinajstić information content (AvgIpc) is 2.69. The van der Waals surface area contributed by atoms with Crippen LogP contribution in [0.2, 0.25) is 0 Å². The first-order chi connectivity index (χ1) is 13.0. The molecule has 0 spiro atoms. The van der Waals surface area contributed by atoms with Crippen molar-refractivity contribution in [1.29, 1.82) is 0 Å². The number of halogens is 3. The molecule has 1 heterocycles. The molecule has 0 unspecified atom stereocenters. The second-order valence-corrected chi connectivity index (χ2v) is 5.43. The summed E-state index contributed by atoms with van der Waals surface area (Å²) in [6.45, 7) is 0. The Morgan fingerprint density at radius 2 is 1.74 bits per heavy atom. The Bertz CT molecular complexity index is 978. The summed E-state index contributed by atoms with van der Waals surface area (Å²) in [7, 11) is 1.55. The van der Waals surface area contributed by atoms with Crippen molar-refractivity contribution in [3.8, 4) is 5.75 Å². The van der Waals surface area contributed by atoms with Gasteiger partial charge in [0.1, 0.15) is 11.4 Å². The first kappa shape index (κ1) is 18.2. The summed E-state index contributed by atoms with van der Waals surface area (Å²) in [5.74, 6) is -4.60. The molecule has 3 aromatic rings. The molecule has 2 aromatic carbocycles. The van der Waals surface area contributed by atoms with Crippen molar-refractivity contribution >= 4 is 23.0 Å². The van der Waals surface area contributed by atoms with E-state index >= 15 is 0 Å². The normalized spacial score (nSPS) is 10.4. The van der Waals surface area contributed by atoms with Gasteiger partial charge in [-0.3, -0.25) is 4.79 Å². The van der Waals surface area contributed by atoms with Gasteiger partial charge < -0.3 is 15.4 Å². The summed E-state index contributed by atoms with van der Waals surface area (Å²) < 4.78 is 45.1. The number of rotatable bonds is 5. The first-order valence-corrected chi connectivity index (χ1v) is 7.80. The van der Waals surface area contributed by atoms with E-state index in [1.54, 1.807) is 19.2 Å². The number of carbonyl (C=O) groups is 1. The van der Waals surface area contributed by atoms with Gasteiger partial charge in [-0.05, 0) is 36.4 Å². The van der Waals surface area contributed by atoms with Gasteiger partial charge in [-0.25, -0.2) is 18.2 Å². The minimum Gasteiger partial charge on any atom is -0.495 e. The summed E-state index contributed by atoms with van der Waals surface area (Å²) in [4.78, 5) is 16.1. The Balaban J connectivity index is 1.73. The fraction of sp³-hybridized carbons (Fsp3) is 0.0526. The van der Waals surface area contributed by atoms with Gasteiger partial charge >= 0.3 is 0 Å². The monoisotopic (exact) mass is 373 g/mol. The predicted octanol–water partition coefficient (Wildman–Crippen LogP) is 4.50. The molecule has 8 heteroatoms. The van der Waals surface area contributed by atoms with E-state index < -0.39 is 29.0 Å². The molecule has 0 fully saturated rings. The second-order valence-electron chi connectivity index (χ2n) is 5.43. The summed E-state index contributed by atoms with van der Waals surface area (Å²) in [5.41, 5.74) is 0.805. The standard InChI is InChI=1S/C19H14F3N3O2/c1-27-16-5-3-2-4-13(16)24-11-6-8-15(23-10-11)19(26)25-14-9-7-12(20)17(21)18(14)22/h2-10,24H,1H3,(H,25,26). The number of hydrogen-bond donors (Lipinski definition) is 2. The van der Waals surface area contributed by atoms with E-state index in [4.69, 9.17) is 4.74 Å². The van der Waals surface area contributed by atoms with Crippen LogP contribution in [0.4, 0.5) is 30.2 Å². The van der Waals surface area contributed by atoms with Crippen molar-refractivity contribution in [2.24, 2.45) is 0 Å². The molecular weight excluding hydrogens is 359 g/mol. The van der Waals surface area contributed by atoms with Crippen LogP contribution in [-0.4, -0.2) is 18.0 Å². The highest BCUT2D eigenvalue weighted by atomic mass is 19.2. The van der Waals surface area contributed by atoms with Crippen LogP contribution >= 0.6 is 0 Å². The number of benzene rings is 2. The molecule has 27 heavy (non-hydrogen) atoms. The Hall–Kier alpha value is -3.55. The van der Waals surface area contributed by atoms with Crippen molar-refractivity contribution in [1.82, 2.24) is 4.98 Å². The number of nitrogens with zero attached hydrogens (tertiary/aromatic N) is 1. The summed E-state index contributed by atoms with van der Waals surface area (Å²) in [6, 6.07) is 11.9. The molecule has 5 nitrogen and oxygen atoms in total. The van der Waals surface area contributed by atoms with Crippen LogP contribution in [0.1, 0.15) is 10.5 Å². The van der Waals surface area contributed by atoms with Crippen LogP contribution in [-0.2, 0) is 0 Å². The third-order valence-corrected chi connectivity index (χ3v) is 3.67. The Morgan fingerprint density at radius 1 is 0.963 bits per heavy atom. The minimum atomic E-state index is -1.66. The summed E-state index contributed by atoms with van der Waals surface area (Å²) >= 11 is 0. The number of amides is 1. The number of anilines is 3. The lowest BCUT2D eigenvalue weighted by Crippen LogP contribution is -2.15. The van der Waals surface area contributed by atoms with E-state index in [0.717, 1.165) is 12.1 Å². The first-order valence-electron chi connectivity index (χ1n) is 7.80. The third kappa shape index (κ3) is 4.00. The van der Waals surface area contributed by atoms with E-state index in [1.807, 2.05) is 18.2 Å². The largest absolute Gasteiger partial charge is 0.495 e. The summed E-state index contributed by atoms with van der Waals surface area (Å²) in [6.07, 6.45) is 1.41. The molecular formula is C19H14F3N3O2. The van der Waals surface area contributed by atoms with Crippen molar-refractivity contribution < 1.29 is 22.7 Å². The molecule has 3 rings (SSSR count). The van der Waals surface area contributed by atoms with E-state index in [0.29, 0.717) is 17.1 Å². The molecule has 1 amide bonds. The van der Waals surface area contributed by atoms with E-state index in [-0.39, 0.29) is 5.69 Å². The number of nitrogens with one attached hydrogen (secondary N) is 2. The maximum Gasteiger partial charge on any atom is 0.274 e. The van der Waals surface area contributed by atoms with Gasteiger partial charge in [0.2, 0.25) is 0 Å². The van der Waals surface area contributed by atoms with Crippen LogP contribution in [0.15, 0.2) is 54.7 Å². The van der Waals surface area contributed by atoms with Gasteiger partial charge in [-0.1, -0.05) is 12.1 Å². The Morgan fingerprint density at radius 3 is 2.44 bits per heavy atom. The molecule has 0 saturated carbocycles. The molecule has 0 aliphatic carbocycles. The van der Waals surface area contributed by atoms with Crippen molar-refractivity contribution in [3.05, 3.63) is 77.9 Å². The fourth-order valence-electron chi connectivity index (χ4n) is 2.31. The fourth-order valence-corrected chi connectivity index (χ4v) is 2.31. The third-order valence-electron chi connectivity index (χ3n) is 3.67. The zero-order chi connectivity index (χ0) is 19.4. The highest BCUT2D eigenvalue weighted by Crippen LogP contribution is 2.26. The number of carbonyl (C=O) groups excluding carboxylic acids is 1. The molecule has 0 aliphatic heterocycles. The van der Waals surface area contributed by atoms with Crippen LogP contribution in [0.5, 0.6) is 5.75 Å². The molecule has 1 aromatic heterocycles. The number of aromatic nitrogens is 1. The Kier molecular flexibility index (Phi) is 5.25. The van der Waals surface area contributed by atoms with Crippen LogP contribution in [0.3, 0.4) is 0 Å². The lowest BCUT2D eigenvalue weighted by Gasteiger charge is -2.11. The molecule has 0 saturated heterocycles. The number of hydrogen-bond acceptors (Lipinski definition) is 4. The molecule has 0 bridgehead atoms. The second kappa shape index (κ2) is 7.77. The minimum absolute atomic E-state index is 0.0234. The van der Waals surface area contributed by atoms with Gasteiger partial charge in [0.05, 0.1) is 30.4 Å². The maximum atomic E-state index is 13.6. The zero-order valence-corrected chi connectivity index (χ0v) is 14.1. The molecule has 2 N–H and O–H groups in total. The quantitative estimate of drug-likeness (QED) is 0.647. The van der Waals surface area contributed by atoms with Crippen LogP contribution < -0.4 is 15.4 Å².